The van der Waals surface area contributed by atoms with Gasteiger partial charge in [-0.05, 0) is 31.4 Å². The summed E-state index contributed by atoms with van der Waals surface area (Å²) in [5.41, 5.74) is 9.07. The molecule has 2 N–H and O–H groups in total. The van der Waals surface area contributed by atoms with Crippen LogP contribution in [-0.4, -0.2) is 31.3 Å². The highest BCUT2D eigenvalue weighted by Gasteiger charge is 2.20. The Morgan fingerprint density at radius 3 is 2.94 bits per heavy atom. The first-order valence-electron chi connectivity index (χ1n) is 6.31. The molecule has 1 aromatic carbocycles. The van der Waals surface area contributed by atoms with E-state index in [0.717, 1.165) is 37.2 Å². The molecular weight excluding hydrogens is 244 g/mol. The molecule has 1 heterocycles. The lowest BCUT2D eigenvalue weighted by Crippen LogP contribution is -2.31. The lowest BCUT2D eigenvalue weighted by molar-refractivity contribution is 0.116. The predicted molar refractivity (Wildman–Crippen MR) is 79.3 cm³/mol. The molecule has 1 aliphatic rings. The number of anilines is 1. The van der Waals surface area contributed by atoms with E-state index in [2.05, 4.69) is 24.9 Å². The summed E-state index contributed by atoms with van der Waals surface area (Å²) in [6.45, 7) is 3.86. The second-order valence-electron chi connectivity index (χ2n) is 4.85. The van der Waals surface area contributed by atoms with E-state index in [9.17, 15) is 0 Å². The molecule has 0 bridgehead atoms. The Balaban J connectivity index is 2.22. The van der Waals surface area contributed by atoms with Gasteiger partial charge in [0.25, 0.3) is 0 Å². The zero-order valence-corrected chi connectivity index (χ0v) is 11.8. The first-order valence-corrected chi connectivity index (χ1v) is 6.72. The van der Waals surface area contributed by atoms with E-state index in [1.165, 1.54) is 5.56 Å². The van der Waals surface area contributed by atoms with Crippen LogP contribution in [-0.2, 0) is 4.74 Å². The number of thiocarbonyl (C=S) groups is 1. The molecule has 0 aromatic heterocycles. The smallest absolute Gasteiger partial charge is 0.106 e. The van der Waals surface area contributed by atoms with Gasteiger partial charge in [-0.15, -0.1) is 0 Å². The summed E-state index contributed by atoms with van der Waals surface area (Å²) >= 11 is 5.13. The highest BCUT2D eigenvalue weighted by Crippen LogP contribution is 2.25. The predicted octanol–water partition coefficient (Wildman–Crippen LogP) is 2.24. The maximum atomic E-state index is 5.80. The third-order valence-corrected chi connectivity index (χ3v) is 3.61. The minimum Gasteiger partial charge on any atom is -0.389 e. The number of hydrogen-bond acceptors (Lipinski definition) is 3. The van der Waals surface area contributed by atoms with Gasteiger partial charge in [-0.3, -0.25) is 0 Å². The van der Waals surface area contributed by atoms with Crippen LogP contribution in [0.15, 0.2) is 18.2 Å². The van der Waals surface area contributed by atoms with E-state index in [0.29, 0.717) is 11.1 Å². The summed E-state index contributed by atoms with van der Waals surface area (Å²) in [5, 5.41) is 0. The molecule has 1 unspecified atom stereocenters. The van der Waals surface area contributed by atoms with Gasteiger partial charge in [0.05, 0.1) is 6.10 Å². The average Bonchev–Trinajstić information content (AvgIpc) is 2.81. The van der Waals surface area contributed by atoms with Crippen molar-refractivity contribution in [3.05, 3.63) is 29.3 Å². The van der Waals surface area contributed by atoms with Crippen molar-refractivity contribution in [2.24, 2.45) is 5.73 Å². The first-order chi connectivity index (χ1) is 8.59. The van der Waals surface area contributed by atoms with E-state index in [-0.39, 0.29) is 0 Å². The van der Waals surface area contributed by atoms with Gasteiger partial charge in [0.1, 0.15) is 4.99 Å². The number of aryl methyl sites for hydroxylation is 1. The molecule has 1 fully saturated rings. The molecule has 1 aromatic rings. The Bertz CT molecular complexity index is 441. The second kappa shape index (κ2) is 5.67. The van der Waals surface area contributed by atoms with E-state index >= 15 is 0 Å². The molecule has 1 atom stereocenters. The molecule has 0 saturated carbocycles. The highest BCUT2D eigenvalue weighted by atomic mass is 32.1. The van der Waals surface area contributed by atoms with Crippen molar-refractivity contribution in [3.63, 3.8) is 0 Å². The van der Waals surface area contributed by atoms with Gasteiger partial charge >= 0.3 is 0 Å². The van der Waals surface area contributed by atoms with E-state index < -0.39 is 0 Å². The fourth-order valence-electron chi connectivity index (χ4n) is 2.55. The van der Waals surface area contributed by atoms with Gasteiger partial charge in [0.2, 0.25) is 0 Å². The number of nitrogens with zero attached hydrogens (tertiary/aromatic N) is 1. The van der Waals surface area contributed by atoms with Gasteiger partial charge in [-0.2, -0.15) is 0 Å². The molecular formula is C14H20N2OS. The lowest BCUT2D eigenvalue weighted by Gasteiger charge is -2.26. The standard InChI is InChI=1S/C14H20N2OS/c1-10-5-3-7-12(14(15)18)13(10)16(2)9-11-6-4-8-17-11/h3,5,7,11H,4,6,8-9H2,1-2H3,(H2,15,18). The van der Waals surface area contributed by atoms with Crippen molar-refractivity contribution in [2.45, 2.75) is 25.9 Å². The van der Waals surface area contributed by atoms with Crippen LogP contribution in [0, 0.1) is 6.92 Å². The number of para-hydroxylation sites is 1. The topological polar surface area (TPSA) is 38.5 Å². The summed E-state index contributed by atoms with van der Waals surface area (Å²) in [7, 11) is 2.08. The van der Waals surface area contributed by atoms with Gasteiger partial charge in [-0.1, -0.05) is 24.4 Å². The van der Waals surface area contributed by atoms with E-state index in [1.54, 1.807) is 0 Å². The molecule has 0 radical (unpaired) electrons. The van der Waals surface area contributed by atoms with Crippen LogP contribution in [0.5, 0.6) is 0 Å². The first kappa shape index (κ1) is 13.3. The molecule has 0 spiro atoms. The fourth-order valence-corrected chi connectivity index (χ4v) is 2.71. The number of rotatable bonds is 4. The van der Waals surface area contributed by atoms with Crippen molar-refractivity contribution in [3.8, 4) is 0 Å². The zero-order chi connectivity index (χ0) is 13.1. The fraction of sp³-hybridized carbons (Fsp3) is 0.500. The summed E-state index contributed by atoms with van der Waals surface area (Å²) < 4.78 is 5.68. The van der Waals surface area contributed by atoms with Gasteiger partial charge in [-0.25, -0.2) is 0 Å². The van der Waals surface area contributed by atoms with Crippen LogP contribution < -0.4 is 10.6 Å². The molecule has 0 aliphatic carbocycles. The molecule has 4 heteroatoms. The van der Waals surface area contributed by atoms with Gasteiger partial charge in [0, 0.05) is 31.5 Å². The van der Waals surface area contributed by atoms with Crippen LogP contribution in [0.3, 0.4) is 0 Å². The summed E-state index contributed by atoms with van der Waals surface area (Å²) in [5.74, 6) is 0. The Kier molecular flexibility index (Phi) is 4.19. The minimum absolute atomic E-state index is 0.328. The maximum Gasteiger partial charge on any atom is 0.106 e. The van der Waals surface area contributed by atoms with Gasteiger partial charge < -0.3 is 15.4 Å². The van der Waals surface area contributed by atoms with Crippen molar-refractivity contribution < 1.29 is 4.74 Å². The minimum atomic E-state index is 0.328. The van der Waals surface area contributed by atoms with Crippen LogP contribution in [0.25, 0.3) is 0 Å². The van der Waals surface area contributed by atoms with Crippen molar-refractivity contribution in [2.75, 3.05) is 25.1 Å². The monoisotopic (exact) mass is 264 g/mol. The Morgan fingerprint density at radius 2 is 2.33 bits per heavy atom. The third-order valence-electron chi connectivity index (χ3n) is 3.39. The van der Waals surface area contributed by atoms with Crippen LogP contribution in [0.1, 0.15) is 24.0 Å². The van der Waals surface area contributed by atoms with Crippen LogP contribution in [0.2, 0.25) is 0 Å². The normalized spacial score (nSPS) is 18.9. The highest BCUT2D eigenvalue weighted by molar-refractivity contribution is 7.80. The van der Waals surface area contributed by atoms with Crippen molar-refractivity contribution in [1.29, 1.82) is 0 Å². The lowest BCUT2D eigenvalue weighted by atomic mass is 10.1. The quantitative estimate of drug-likeness (QED) is 0.847. The summed E-state index contributed by atoms with van der Waals surface area (Å²) in [6.07, 6.45) is 2.63. The zero-order valence-electron chi connectivity index (χ0n) is 11.0. The van der Waals surface area contributed by atoms with Crippen LogP contribution >= 0.6 is 12.2 Å². The van der Waals surface area contributed by atoms with Crippen LogP contribution in [0.4, 0.5) is 5.69 Å². The van der Waals surface area contributed by atoms with E-state index in [1.807, 2.05) is 12.1 Å². The summed E-state index contributed by atoms with van der Waals surface area (Å²) in [6, 6.07) is 6.06. The van der Waals surface area contributed by atoms with Gasteiger partial charge in [0.15, 0.2) is 0 Å². The summed E-state index contributed by atoms with van der Waals surface area (Å²) in [4.78, 5) is 2.66. The largest absolute Gasteiger partial charge is 0.389 e. The molecule has 1 aliphatic heterocycles. The number of benzene rings is 1. The van der Waals surface area contributed by atoms with Crippen molar-refractivity contribution >= 4 is 22.9 Å². The number of nitrogens with two attached hydrogens (primary N) is 1. The maximum absolute atomic E-state index is 5.80. The molecule has 2 rings (SSSR count). The Hall–Kier alpha value is -1.13. The van der Waals surface area contributed by atoms with Crippen molar-refractivity contribution in [1.82, 2.24) is 0 Å². The number of ether oxygens (including phenoxy) is 1. The second-order valence-corrected chi connectivity index (χ2v) is 5.29. The average molecular weight is 264 g/mol. The van der Waals surface area contributed by atoms with E-state index in [4.69, 9.17) is 22.7 Å². The number of likely N-dealkylation sites (N-methyl/N-ethyl adjacent to an activating group) is 1. The number of hydrogen-bond donors (Lipinski definition) is 1. The molecule has 18 heavy (non-hydrogen) atoms. The molecule has 3 nitrogen and oxygen atoms in total. The Morgan fingerprint density at radius 1 is 1.56 bits per heavy atom. The molecule has 98 valence electrons. The molecule has 1 saturated heterocycles. The third kappa shape index (κ3) is 2.82. The SMILES string of the molecule is Cc1cccc(C(N)=S)c1N(C)CC1CCCO1. The Labute approximate surface area is 114 Å². The molecule has 0 amide bonds.